The highest BCUT2D eigenvalue weighted by Crippen LogP contribution is 2.27. The van der Waals surface area contributed by atoms with E-state index in [-0.39, 0.29) is 23.3 Å². The van der Waals surface area contributed by atoms with Crippen molar-refractivity contribution in [3.63, 3.8) is 0 Å². The van der Waals surface area contributed by atoms with Gasteiger partial charge in [0.25, 0.3) is 5.91 Å². The molecule has 4 nitrogen and oxygen atoms in total. The quantitative estimate of drug-likeness (QED) is 0.834. The summed E-state index contributed by atoms with van der Waals surface area (Å²) in [6.07, 6.45) is 0.865. The van der Waals surface area contributed by atoms with Crippen LogP contribution < -0.4 is 5.73 Å². The van der Waals surface area contributed by atoms with Gasteiger partial charge in [-0.05, 0) is 37.9 Å². The highest BCUT2D eigenvalue weighted by molar-refractivity contribution is 5.97. The zero-order chi connectivity index (χ0) is 13.3. The number of benzene rings is 1. The van der Waals surface area contributed by atoms with Crippen molar-refractivity contribution in [1.29, 1.82) is 0 Å². The van der Waals surface area contributed by atoms with Gasteiger partial charge < -0.3 is 15.7 Å². The highest BCUT2D eigenvalue weighted by atomic mass is 19.1. The molecule has 0 bridgehead atoms. The molecule has 98 valence electrons. The zero-order valence-corrected chi connectivity index (χ0v) is 10.3. The number of nitrogens with zero attached hydrogens (tertiary/aromatic N) is 1. The third-order valence-corrected chi connectivity index (χ3v) is 3.45. The SMILES string of the molecule is CC1CC(CN)CN1C(=O)c1ccc(F)cc1O. The van der Waals surface area contributed by atoms with E-state index >= 15 is 0 Å². The standard InChI is InChI=1S/C13H17FN2O2/c1-8-4-9(6-15)7-16(8)13(18)11-3-2-10(14)5-12(11)17/h2-3,5,8-9,17H,4,6-7,15H2,1H3. The van der Waals surface area contributed by atoms with Crippen molar-refractivity contribution >= 4 is 5.91 Å². The topological polar surface area (TPSA) is 66.6 Å². The van der Waals surface area contributed by atoms with Crippen LogP contribution in [0.5, 0.6) is 5.75 Å². The summed E-state index contributed by atoms with van der Waals surface area (Å²) in [7, 11) is 0. The fraction of sp³-hybridized carbons (Fsp3) is 0.462. The summed E-state index contributed by atoms with van der Waals surface area (Å²) < 4.78 is 12.9. The summed E-state index contributed by atoms with van der Waals surface area (Å²) in [5, 5.41) is 9.62. The van der Waals surface area contributed by atoms with E-state index in [1.54, 1.807) is 4.90 Å². The summed E-state index contributed by atoms with van der Waals surface area (Å²) in [5.41, 5.74) is 5.75. The average Bonchev–Trinajstić information content (AvgIpc) is 2.70. The van der Waals surface area contributed by atoms with E-state index < -0.39 is 5.82 Å². The first kappa shape index (κ1) is 12.8. The molecule has 0 aliphatic carbocycles. The van der Waals surface area contributed by atoms with Crippen molar-refractivity contribution in [2.45, 2.75) is 19.4 Å². The second-order valence-corrected chi connectivity index (χ2v) is 4.81. The van der Waals surface area contributed by atoms with Crippen molar-refractivity contribution in [2.75, 3.05) is 13.1 Å². The molecule has 0 aromatic heterocycles. The van der Waals surface area contributed by atoms with Crippen LogP contribution in [0.4, 0.5) is 4.39 Å². The molecule has 0 saturated carbocycles. The Hall–Kier alpha value is -1.62. The molecule has 3 N–H and O–H groups in total. The Labute approximate surface area is 105 Å². The number of hydrogen-bond donors (Lipinski definition) is 2. The number of halogens is 1. The van der Waals surface area contributed by atoms with Gasteiger partial charge >= 0.3 is 0 Å². The molecule has 1 aromatic rings. The number of phenols is 1. The number of amides is 1. The Balaban J connectivity index is 2.21. The van der Waals surface area contributed by atoms with Crippen molar-refractivity contribution in [2.24, 2.45) is 11.7 Å². The van der Waals surface area contributed by atoms with Crippen LogP contribution >= 0.6 is 0 Å². The average molecular weight is 252 g/mol. The number of rotatable bonds is 2. The summed E-state index contributed by atoms with van der Waals surface area (Å²) in [6.45, 7) is 3.09. The number of likely N-dealkylation sites (tertiary alicyclic amines) is 1. The molecule has 1 fully saturated rings. The fourth-order valence-electron chi connectivity index (χ4n) is 2.44. The molecule has 5 heteroatoms. The van der Waals surface area contributed by atoms with E-state index in [4.69, 9.17) is 5.73 Å². The molecule has 2 atom stereocenters. The number of aromatic hydroxyl groups is 1. The van der Waals surface area contributed by atoms with E-state index in [1.807, 2.05) is 6.92 Å². The van der Waals surface area contributed by atoms with Crippen LogP contribution in [0.1, 0.15) is 23.7 Å². The molecule has 1 aliphatic heterocycles. The number of hydrogen-bond acceptors (Lipinski definition) is 3. The van der Waals surface area contributed by atoms with Crippen LogP contribution in [0.2, 0.25) is 0 Å². The molecule has 2 rings (SSSR count). The van der Waals surface area contributed by atoms with E-state index in [0.29, 0.717) is 19.0 Å². The Morgan fingerprint density at radius 2 is 2.33 bits per heavy atom. The minimum Gasteiger partial charge on any atom is -0.507 e. The van der Waals surface area contributed by atoms with Gasteiger partial charge in [-0.25, -0.2) is 4.39 Å². The van der Waals surface area contributed by atoms with Gasteiger partial charge in [0.15, 0.2) is 0 Å². The van der Waals surface area contributed by atoms with Gasteiger partial charge in [0.2, 0.25) is 0 Å². The molecule has 18 heavy (non-hydrogen) atoms. The number of carbonyl (C=O) groups is 1. The van der Waals surface area contributed by atoms with Gasteiger partial charge in [-0.15, -0.1) is 0 Å². The van der Waals surface area contributed by atoms with Gasteiger partial charge in [0.05, 0.1) is 5.56 Å². The molecule has 1 amide bonds. The predicted molar refractivity (Wildman–Crippen MR) is 65.7 cm³/mol. The van der Waals surface area contributed by atoms with Gasteiger partial charge in [-0.2, -0.15) is 0 Å². The van der Waals surface area contributed by atoms with Gasteiger partial charge in [0.1, 0.15) is 11.6 Å². The van der Waals surface area contributed by atoms with E-state index in [1.165, 1.54) is 12.1 Å². The first-order valence-electron chi connectivity index (χ1n) is 6.02. The smallest absolute Gasteiger partial charge is 0.257 e. The lowest BCUT2D eigenvalue weighted by Gasteiger charge is -2.22. The van der Waals surface area contributed by atoms with Crippen molar-refractivity contribution in [3.8, 4) is 5.75 Å². The first-order valence-corrected chi connectivity index (χ1v) is 6.02. The number of nitrogens with two attached hydrogens (primary N) is 1. The Kier molecular flexibility index (Phi) is 3.52. The first-order chi connectivity index (χ1) is 8.52. The molecular formula is C13H17FN2O2. The molecule has 0 radical (unpaired) electrons. The summed E-state index contributed by atoms with van der Waals surface area (Å²) in [5.74, 6) is -0.843. The van der Waals surface area contributed by atoms with Gasteiger partial charge in [0, 0.05) is 18.7 Å². The van der Waals surface area contributed by atoms with Crippen LogP contribution in [0.15, 0.2) is 18.2 Å². The maximum absolute atomic E-state index is 12.9. The second-order valence-electron chi connectivity index (χ2n) is 4.81. The molecule has 1 saturated heterocycles. The summed E-state index contributed by atoms with van der Waals surface area (Å²) in [6, 6.07) is 3.54. The third-order valence-electron chi connectivity index (χ3n) is 3.45. The van der Waals surface area contributed by atoms with Crippen LogP contribution in [-0.2, 0) is 0 Å². The monoisotopic (exact) mass is 252 g/mol. The summed E-state index contributed by atoms with van der Waals surface area (Å²) >= 11 is 0. The Morgan fingerprint density at radius 1 is 1.61 bits per heavy atom. The Bertz CT molecular complexity index is 464. The largest absolute Gasteiger partial charge is 0.507 e. The molecule has 0 spiro atoms. The minimum absolute atomic E-state index is 0.0931. The molecular weight excluding hydrogens is 235 g/mol. The van der Waals surface area contributed by atoms with Crippen LogP contribution in [0.3, 0.4) is 0 Å². The van der Waals surface area contributed by atoms with E-state index in [2.05, 4.69) is 0 Å². The van der Waals surface area contributed by atoms with Crippen molar-refractivity contribution < 1.29 is 14.3 Å². The van der Waals surface area contributed by atoms with E-state index in [9.17, 15) is 14.3 Å². The van der Waals surface area contributed by atoms with Gasteiger partial charge in [-0.1, -0.05) is 0 Å². The minimum atomic E-state index is -0.557. The van der Waals surface area contributed by atoms with Crippen LogP contribution in [0.25, 0.3) is 0 Å². The zero-order valence-electron chi connectivity index (χ0n) is 10.3. The maximum Gasteiger partial charge on any atom is 0.257 e. The lowest BCUT2D eigenvalue weighted by molar-refractivity contribution is 0.0740. The third kappa shape index (κ3) is 2.31. The van der Waals surface area contributed by atoms with E-state index in [0.717, 1.165) is 12.5 Å². The normalized spacial score (nSPS) is 23.4. The second kappa shape index (κ2) is 4.94. The van der Waals surface area contributed by atoms with Crippen LogP contribution in [-0.4, -0.2) is 35.0 Å². The number of carbonyl (C=O) groups excluding carboxylic acids is 1. The van der Waals surface area contributed by atoms with Crippen LogP contribution in [0, 0.1) is 11.7 Å². The highest BCUT2D eigenvalue weighted by Gasteiger charge is 2.32. The van der Waals surface area contributed by atoms with Crippen molar-refractivity contribution in [3.05, 3.63) is 29.6 Å². The molecule has 1 aliphatic rings. The Morgan fingerprint density at radius 3 is 2.89 bits per heavy atom. The lowest BCUT2D eigenvalue weighted by Crippen LogP contribution is -2.34. The predicted octanol–water partition coefficient (Wildman–Crippen LogP) is 1.34. The van der Waals surface area contributed by atoms with Gasteiger partial charge in [-0.3, -0.25) is 4.79 Å². The molecule has 1 heterocycles. The molecule has 2 unspecified atom stereocenters. The maximum atomic E-state index is 12.9. The summed E-state index contributed by atoms with van der Waals surface area (Å²) in [4.78, 5) is 13.9. The van der Waals surface area contributed by atoms with Crippen molar-refractivity contribution in [1.82, 2.24) is 4.90 Å². The fourth-order valence-corrected chi connectivity index (χ4v) is 2.44. The number of phenolic OH excluding ortho intramolecular Hbond substituents is 1. The lowest BCUT2D eigenvalue weighted by atomic mass is 10.1. The molecule has 1 aromatic carbocycles.